The second-order valence-electron chi connectivity index (χ2n) is 3.62. The Hall–Kier alpha value is -2.40. The Balaban J connectivity index is 2.16. The lowest BCUT2D eigenvalue weighted by molar-refractivity contribution is -0.384. The first kappa shape index (κ1) is 13.0. The smallest absolute Gasteiger partial charge is 0.343 e. The van der Waals surface area contributed by atoms with Gasteiger partial charge in [0.05, 0.1) is 15.5 Å². The molecule has 0 aliphatic carbocycles. The third-order valence-corrected chi connectivity index (χ3v) is 2.67. The van der Waals surface area contributed by atoms with Crippen molar-refractivity contribution in [1.29, 1.82) is 0 Å². The Labute approximate surface area is 113 Å². The lowest BCUT2D eigenvalue weighted by atomic mass is 10.2. The molecule has 2 aromatic carbocycles. The van der Waals surface area contributed by atoms with Crippen molar-refractivity contribution in [3.8, 4) is 5.75 Å². The monoisotopic (exact) mass is 277 g/mol. The fourth-order valence-electron chi connectivity index (χ4n) is 1.41. The second-order valence-corrected chi connectivity index (χ2v) is 4.03. The summed E-state index contributed by atoms with van der Waals surface area (Å²) in [6.07, 6.45) is 0. The number of carbonyl (C=O) groups is 1. The molecule has 0 saturated heterocycles. The molecule has 0 heterocycles. The SMILES string of the molecule is O=C(Oc1ccccc1Cl)c1ccc([N+](=O)[O-])cc1. The number of para-hydroxylation sites is 1. The summed E-state index contributed by atoms with van der Waals surface area (Å²) in [6.45, 7) is 0. The molecule has 0 N–H and O–H groups in total. The van der Waals surface area contributed by atoms with E-state index in [-0.39, 0.29) is 17.0 Å². The van der Waals surface area contributed by atoms with E-state index in [1.807, 2.05) is 0 Å². The molecular weight excluding hydrogens is 270 g/mol. The number of nitrogens with zero attached hydrogens (tertiary/aromatic N) is 1. The highest BCUT2D eigenvalue weighted by Crippen LogP contribution is 2.24. The highest BCUT2D eigenvalue weighted by atomic mass is 35.5. The van der Waals surface area contributed by atoms with Gasteiger partial charge in [-0.2, -0.15) is 0 Å². The van der Waals surface area contributed by atoms with Gasteiger partial charge in [-0.25, -0.2) is 4.79 Å². The zero-order valence-electron chi connectivity index (χ0n) is 9.58. The normalized spacial score (nSPS) is 9.95. The largest absolute Gasteiger partial charge is 0.421 e. The molecule has 0 unspecified atom stereocenters. The number of rotatable bonds is 3. The van der Waals surface area contributed by atoms with E-state index >= 15 is 0 Å². The summed E-state index contributed by atoms with van der Waals surface area (Å²) in [4.78, 5) is 21.7. The first-order valence-electron chi connectivity index (χ1n) is 5.29. The van der Waals surface area contributed by atoms with E-state index in [2.05, 4.69) is 0 Å². The molecule has 0 bridgehead atoms. The van der Waals surface area contributed by atoms with Gasteiger partial charge in [-0.3, -0.25) is 10.1 Å². The summed E-state index contributed by atoms with van der Waals surface area (Å²) in [5.41, 5.74) is 0.125. The first-order chi connectivity index (χ1) is 9.08. The van der Waals surface area contributed by atoms with Gasteiger partial charge in [0.2, 0.25) is 0 Å². The van der Waals surface area contributed by atoms with Crippen LogP contribution in [0.25, 0.3) is 0 Å². The van der Waals surface area contributed by atoms with Gasteiger partial charge in [-0.1, -0.05) is 23.7 Å². The van der Waals surface area contributed by atoms with E-state index in [4.69, 9.17) is 16.3 Å². The molecule has 0 aliphatic heterocycles. The van der Waals surface area contributed by atoms with Crippen molar-refractivity contribution in [2.75, 3.05) is 0 Å². The predicted octanol–water partition coefficient (Wildman–Crippen LogP) is 3.47. The molecule has 0 amide bonds. The van der Waals surface area contributed by atoms with Gasteiger partial charge in [0.1, 0.15) is 5.75 Å². The molecule has 0 aromatic heterocycles. The van der Waals surface area contributed by atoms with E-state index in [9.17, 15) is 14.9 Å². The van der Waals surface area contributed by atoms with Crippen LogP contribution in [0.3, 0.4) is 0 Å². The van der Waals surface area contributed by atoms with Crippen molar-refractivity contribution in [3.05, 3.63) is 69.2 Å². The minimum Gasteiger partial charge on any atom is -0.421 e. The van der Waals surface area contributed by atoms with Crippen LogP contribution in [0.1, 0.15) is 10.4 Å². The summed E-state index contributed by atoms with van der Waals surface area (Å²) < 4.78 is 5.09. The lowest BCUT2D eigenvalue weighted by Gasteiger charge is -2.05. The van der Waals surface area contributed by atoms with Gasteiger partial charge < -0.3 is 4.74 Å². The maximum Gasteiger partial charge on any atom is 0.343 e. The topological polar surface area (TPSA) is 69.4 Å². The Morgan fingerprint density at radius 1 is 1.11 bits per heavy atom. The van der Waals surface area contributed by atoms with Crippen molar-refractivity contribution in [2.24, 2.45) is 0 Å². The molecule has 2 rings (SSSR count). The van der Waals surface area contributed by atoms with Crippen molar-refractivity contribution in [2.45, 2.75) is 0 Å². The highest BCUT2D eigenvalue weighted by molar-refractivity contribution is 6.32. The Kier molecular flexibility index (Phi) is 3.77. The molecule has 0 saturated carbocycles. The molecule has 6 heteroatoms. The minimum atomic E-state index is -0.622. The Bertz CT molecular complexity index is 625. The maximum absolute atomic E-state index is 11.8. The van der Waals surface area contributed by atoms with E-state index < -0.39 is 10.9 Å². The summed E-state index contributed by atoms with van der Waals surface area (Å²) in [5, 5.41) is 10.8. The summed E-state index contributed by atoms with van der Waals surface area (Å²) >= 11 is 5.86. The van der Waals surface area contributed by atoms with Crippen molar-refractivity contribution in [1.82, 2.24) is 0 Å². The van der Waals surface area contributed by atoms with Crippen molar-refractivity contribution in [3.63, 3.8) is 0 Å². The Morgan fingerprint density at radius 2 is 1.74 bits per heavy atom. The molecule has 0 fully saturated rings. The number of carbonyl (C=O) groups excluding carboxylic acids is 1. The number of halogens is 1. The maximum atomic E-state index is 11.8. The Morgan fingerprint density at radius 3 is 2.32 bits per heavy atom. The summed E-state index contributed by atoms with van der Waals surface area (Å²) in [7, 11) is 0. The number of esters is 1. The zero-order valence-corrected chi connectivity index (χ0v) is 10.3. The fraction of sp³-hybridized carbons (Fsp3) is 0. The van der Waals surface area contributed by atoms with Gasteiger partial charge >= 0.3 is 5.97 Å². The number of ether oxygens (including phenoxy) is 1. The van der Waals surface area contributed by atoms with Gasteiger partial charge in [-0.15, -0.1) is 0 Å². The third-order valence-electron chi connectivity index (χ3n) is 2.35. The van der Waals surface area contributed by atoms with Crippen LogP contribution in [0.5, 0.6) is 5.75 Å². The second kappa shape index (κ2) is 5.49. The number of hydrogen-bond acceptors (Lipinski definition) is 4. The van der Waals surface area contributed by atoms with Crippen LogP contribution in [-0.4, -0.2) is 10.9 Å². The van der Waals surface area contributed by atoms with Crippen LogP contribution < -0.4 is 4.74 Å². The van der Waals surface area contributed by atoms with Crippen LogP contribution in [0, 0.1) is 10.1 Å². The average Bonchev–Trinajstić information content (AvgIpc) is 2.41. The quantitative estimate of drug-likeness (QED) is 0.373. The van der Waals surface area contributed by atoms with E-state index in [0.29, 0.717) is 5.02 Å². The van der Waals surface area contributed by atoms with Gasteiger partial charge in [0.15, 0.2) is 0 Å². The third kappa shape index (κ3) is 3.08. The van der Waals surface area contributed by atoms with E-state index in [1.54, 1.807) is 24.3 Å². The number of hydrogen-bond donors (Lipinski definition) is 0. The number of benzene rings is 2. The molecule has 0 spiro atoms. The molecule has 96 valence electrons. The molecule has 5 nitrogen and oxygen atoms in total. The number of nitro groups is 1. The average molecular weight is 278 g/mol. The van der Waals surface area contributed by atoms with E-state index in [1.165, 1.54) is 24.3 Å². The van der Waals surface area contributed by atoms with Gasteiger partial charge in [0.25, 0.3) is 5.69 Å². The van der Waals surface area contributed by atoms with Crippen LogP contribution in [-0.2, 0) is 0 Å². The minimum absolute atomic E-state index is 0.0886. The standard InChI is InChI=1S/C13H8ClNO4/c14-11-3-1-2-4-12(11)19-13(16)9-5-7-10(8-6-9)15(17)18/h1-8H. The fourth-order valence-corrected chi connectivity index (χ4v) is 1.58. The molecule has 0 atom stereocenters. The molecule has 2 aromatic rings. The van der Waals surface area contributed by atoms with Crippen LogP contribution in [0.15, 0.2) is 48.5 Å². The molecular formula is C13H8ClNO4. The lowest BCUT2D eigenvalue weighted by Crippen LogP contribution is -2.08. The predicted molar refractivity (Wildman–Crippen MR) is 69.5 cm³/mol. The van der Waals surface area contributed by atoms with Crippen LogP contribution >= 0.6 is 11.6 Å². The highest BCUT2D eigenvalue weighted by Gasteiger charge is 2.12. The molecule has 0 radical (unpaired) electrons. The summed E-state index contributed by atoms with van der Waals surface area (Å²) in [6, 6.07) is 11.7. The number of non-ortho nitro benzene ring substituents is 1. The van der Waals surface area contributed by atoms with Gasteiger partial charge in [-0.05, 0) is 24.3 Å². The number of nitro benzene ring substituents is 1. The van der Waals surface area contributed by atoms with E-state index in [0.717, 1.165) is 0 Å². The van der Waals surface area contributed by atoms with Crippen molar-refractivity contribution >= 4 is 23.3 Å². The van der Waals surface area contributed by atoms with Crippen molar-refractivity contribution < 1.29 is 14.5 Å². The first-order valence-corrected chi connectivity index (χ1v) is 5.67. The van der Waals surface area contributed by atoms with Gasteiger partial charge in [0, 0.05) is 12.1 Å². The molecule has 0 aliphatic rings. The zero-order chi connectivity index (χ0) is 13.8. The van der Waals surface area contributed by atoms with Crippen LogP contribution in [0.4, 0.5) is 5.69 Å². The van der Waals surface area contributed by atoms with Crippen LogP contribution in [0.2, 0.25) is 5.02 Å². The molecule has 19 heavy (non-hydrogen) atoms. The summed E-state index contributed by atoms with van der Waals surface area (Å²) in [5.74, 6) is -0.379.